The van der Waals surface area contributed by atoms with Crippen LogP contribution in [0.5, 0.6) is 0 Å². The van der Waals surface area contributed by atoms with Gasteiger partial charge in [-0.05, 0) is 45.7 Å². The van der Waals surface area contributed by atoms with Crippen molar-refractivity contribution in [2.45, 2.75) is 51.4 Å². The van der Waals surface area contributed by atoms with Gasteiger partial charge in [0.2, 0.25) is 5.82 Å². The summed E-state index contributed by atoms with van der Waals surface area (Å²) in [7, 11) is 0. The SMILES string of the molecule is CC(C)(C)OC(=O)N[C@H]1CCCN(c2nc(C(F)(F)F)nc3ccccc23)C1. The van der Waals surface area contributed by atoms with Gasteiger partial charge in [-0.1, -0.05) is 12.1 Å². The lowest BCUT2D eigenvalue weighted by atomic mass is 10.1. The number of carbonyl (C=O) groups excluding carboxylic acids is 1. The van der Waals surface area contributed by atoms with Crippen LogP contribution in [0.2, 0.25) is 0 Å². The molecule has 1 aromatic heterocycles. The molecule has 1 amide bonds. The van der Waals surface area contributed by atoms with Crippen LogP contribution in [0.3, 0.4) is 0 Å². The predicted octanol–water partition coefficient (Wildman–Crippen LogP) is 4.14. The lowest BCUT2D eigenvalue weighted by molar-refractivity contribution is -0.144. The van der Waals surface area contributed by atoms with Gasteiger partial charge in [-0.25, -0.2) is 14.8 Å². The molecule has 28 heavy (non-hydrogen) atoms. The van der Waals surface area contributed by atoms with Crippen molar-refractivity contribution >= 4 is 22.8 Å². The highest BCUT2D eigenvalue weighted by molar-refractivity contribution is 5.89. The van der Waals surface area contributed by atoms with Crippen molar-refractivity contribution in [1.29, 1.82) is 0 Å². The minimum Gasteiger partial charge on any atom is -0.444 e. The van der Waals surface area contributed by atoms with Gasteiger partial charge in [0.15, 0.2) is 0 Å². The second-order valence-corrected chi connectivity index (χ2v) is 7.82. The third-order valence-electron chi connectivity index (χ3n) is 4.28. The van der Waals surface area contributed by atoms with Crippen molar-refractivity contribution in [3.05, 3.63) is 30.1 Å². The van der Waals surface area contributed by atoms with Gasteiger partial charge in [-0.15, -0.1) is 0 Å². The number of ether oxygens (including phenoxy) is 1. The average molecular weight is 396 g/mol. The van der Waals surface area contributed by atoms with Crippen LogP contribution in [0.25, 0.3) is 10.9 Å². The van der Waals surface area contributed by atoms with E-state index in [1.807, 2.05) is 0 Å². The van der Waals surface area contributed by atoms with Crippen molar-refractivity contribution in [2.75, 3.05) is 18.0 Å². The topological polar surface area (TPSA) is 67.3 Å². The molecule has 0 saturated carbocycles. The number of fused-ring (bicyclic) bond motifs is 1. The standard InChI is InChI=1S/C19H23F3N4O2/c1-18(2,3)28-17(27)23-12-7-6-10-26(11-12)15-13-8-4-5-9-14(13)24-16(25-15)19(20,21)22/h4-5,8-9,12H,6-7,10-11H2,1-3H3,(H,23,27)/t12-/m0/s1. The molecule has 3 rings (SSSR count). The molecule has 2 heterocycles. The number of carbonyl (C=O) groups is 1. The number of alkyl carbamates (subject to hydrolysis) is 1. The van der Waals surface area contributed by atoms with Gasteiger partial charge in [0.1, 0.15) is 11.4 Å². The Morgan fingerprint density at radius 2 is 1.93 bits per heavy atom. The number of anilines is 1. The van der Waals surface area contributed by atoms with Gasteiger partial charge in [-0.2, -0.15) is 13.2 Å². The summed E-state index contributed by atoms with van der Waals surface area (Å²) >= 11 is 0. The zero-order chi connectivity index (χ0) is 20.5. The summed E-state index contributed by atoms with van der Waals surface area (Å²) in [6.07, 6.45) is -3.75. The fourth-order valence-electron chi connectivity index (χ4n) is 3.19. The average Bonchev–Trinajstić information content (AvgIpc) is 2.58. The zero-order valence-corrected chi connectivity index (χ0v) is 16.0. The maximum Gasteiger partial charge on any atom is 0.451 e. The summed E-state index contributed by atoms with van der Waals surface area (Å²) in [5.41, 5.74) is -0.384. The predicted molar refractivity (Wildman–Crippen MR) is 99.1 cm³/mol. The van der Waals surface area contributed by atoms with E-state index < -0.39 is 23.7 Å². The number of rotatable bonds is 2. The van der Waals surface area contributed by atoms with Crippen molar-refractivity contribution in [2.24, 2.45) is 0 Å². The number of aromatic nitrogens is 2. The zero-order valence-electron chi connectivity index (χ0n) is 16.0. The van der Waals surface area contributed by atoms with E-state index in [9.17, 15) is 18.0 Å². The summed E-state index contributed by atoms with van der Waals surface area (Å²) in [5.74, 6) is -0.933. The number of alkyl halides is 3. The molecule has 1 saturated heterocycles. The fourth-order valence-corrected chi connectivity index (χ4v) is 3.19. The smallest absolute Gasteiger partial charge is 0.444 e. The van der Waals surface area contributed by atoms with Gasteiger partial charge in [0.05, 0.1) is 5.52 Å². The Bertz CT molecular complexity index is 864. The molecule has 6 nitrogen and oxygen atoms in total. The summed E-state index contributed by atoms with van der Waals surface area (Å²) in [4.78, 5) is 21.3. The van der Waals surface area contributed by atoms with Crippen LogP contribution in [0.15, 0.2) is 24.3 Å². The van der Waals surface area contributed by atoms with Crippen LogP contribution in [-0.4, -0.2) is 40.8 Å². The molecule has 0 spiro atoms. The number of halogens is 3. The van der Waals surface area contributed by atoms with Gasteiger partial charge < -0.3 is 15.0 Å². The molecule has 1 fully saturated rings. The molecular weight excluding hydrogens is 373 g/mol. The van der Waals surface area contributed by atoms with E-state index in [0.717, 1.165) is 0 Å². The summed E-state index contributed by atoms with van der Waals surface area (Å²) in [6.45, 7) is 6.20. The number of nitrogens with one attached hydrogen (secondary N) is 1. The molecule has 1 N–H and O–H groups in total. The van der Waals surface area contributed by atoms with Gasteiger partial charge in [0, 0.05) is 24.5 Å². The molecule has 1 atom stereocenters. The van der Waals surface area contributed by atoms with Crippen LogP contribution in [-0.2, 0) is 10.9 Å². The van der Waals surface area contributed by atoms with Gasteiger partial charge >= 0.3 is 12.3 Å². The van der Waals surface area contributed by atoms with Crippen molar-refractivity contribution < 1.29 is 22.7 Å². The van der Waals surface area contributed by atoms with E-state index in [4.69, 9.17) is 4.74 Å². The Kier molecular flexibility index (Phi) is 5.36. The number of benzene rings is 1. The van der Waals surface area contributed by atoms with E-state index in [-0.39, 0.29) is 17.4 Å². The molecule has 152 valence electrons. The Balaban J connectivity index is 1.86. The van der Waals surface area contributed by atoms with E-state index >= 15 is 0 Å². The number of hydrogen-bond donors (Lipinski definition) is 1. The fraction of sp³-hybridized carbons (Fsp3) is 0.526. The Labute approximate surface area is 161 Å². The second kappa shape index (κ2) is 7.44. The largest absolute Gasteiger partial charge is 0.451 e. The third kappa shape index (κ3) is 4.82. The second-order valence-electron chi connectivity index (χ2n) is 7.82. The molecule has 0 unspecified atom stereocenters. The molecule has 1 aliphatic rings. The highest BCUT2D eigenvalue weighted by Gasteiger charge is 2.36. The van der Waals surface area contributed by atoms with E-state index in [1.54, 1.807) is 43.9 Å². The van der Waals surface area contributed by atoms with Crippen LogP contribution in [0.1, 0.15) is 39.4 Å². The number of nitrogens with zero attached hydrogens (tertiary/aromatic N) is 3. The van der Waals surface area contributed by atoms with E-state index in [0.29, 0.717) is 31.3 Å². The first-order valence-corrected chi connectivity index (χ1v) is 9.11. The molecule has 1 aromatic carbocycles. The maximum atomic E-state index is 13.3. The first-order valence-electron chi connectivity index (χ1n) is 9.11. The number of para-hydroxylation sites is 1. The molecule has 9 heteroatoms. The first-order chi connectivity index (χ1) is 13.0. The molecule has 2 aromatic rings. The lowest BCUT2D eigenvalue weighted by Gasteiger charge is -2.35. The maximum absolute atomic E-state index is 13.3. The summed E-state index contributed by atoms with van der Waals surface area (Å²) in [5, 5.41) is 3.35. The van der Waals surface area contributed by atoms with Crippen molar-refractivity contribution in [3.8, 4) is 0 Å². The van der Waals surface area contributed by atoms with Gasteiger partial charge in [-0.3, -0.25) is 0 Å². The quantitative estimate of drug-likeness (QED) is 0.826. The number of amides is 1. The Hall–Kier alpha value is -2.58. The number of piperidine rings is 1. The summed E-state index contributed by atoms with van der Waals surface area (Å²) in [6, 6.07) is 6.38. The van der Waals surface area contributed by atoms with Crippen LogP contribution in [0, 0.1) is 0 Å². The molecule has 1 aliphatic heterocycles. The molecule has 0 radical (unpaired) electrons. The number of hydrogen-bond acceptors (Lipinski definition) is 5. The van der Waals surface area contributed by atoms with Crippen LogP contribution >= 0.6 is 0 Å². The minimum atomic E-state index is -4.64. The molecular formula is C19H23F3N4O2. The summed E-state index contributed by atoms with van der Waals surface area (Å²) < 4.78 is 45.0. The Morgan fingerprint density at radius 3 is 2.61 bits per heavy atom. The van der Waals surface area contributed by atoms with Crippen LogP contribution in [0.4, 0.5) is 23.8 Å². The van der Waals surface area contributed by atoms with Crippen LogP contribution < -0.4 is 10.2 Å². The van der Waals surface area contributed by atoms with E-state index in [2.05, 4.69) is 15.3 Å². The minimum absolute atomic E-state index is 0.230. The van der Waals surface area contributed by atoms with E-state index in [1.165, 1.54) is 6.07 Å². The molecule has 0 aliphatic carbocycles. The highest BCUT2D eigenvalue weighted by atomic mass is 19.4. The first kappa shape index (κ1) is 20.2. The van der Waals surface area contributed by atoms with Gasteiger partial charge in [0.25, 0.3) is 0 Å². The van der Waals surface area contributed by atoms with Crippen molar-refractivity contribution in [3.63, 3.8) is 0 Å². The lowest BCUT2D eigenvalue weighted by Crippen LogP contribution is -2.49. The third-order valence-corrected chi connectivity index (χ3v) is 4.28. The normalized spacial score (nSPS) is 18.2. The Morgan fingerprint density at radius 1 is 1.21 bits per heavy atom. The molecule has 0 bridgehead atoms. The monoisotopic (exact) mass is 396 g/mol. The van der Waals surface area contributed by atoms with Crippen molar-refractivity contribution in [1.82, 2.24) is 15.3 Å². The highest BCUT2D eigenvalue weighted by Crippen LogP contribution is 2.32.